The number of halogens is 2. The SMILES string of the molecule is CCc1c(Cl)[nH]c(=O)n(-c2ccccc2I)c1=O. The minimum absolute atomic E-state index is 0.120. The van der Waals surface area contributed by atoms with E-state index in [1.807, 2.05) is 19.1 Å². The first-order valence-electron chi connectivity index (χ1n) is 5.35. The van der Waals surface area contributed by atoms with Crippen LogP contribution in [-0.4, -0.2) is 9.55 Å². The first-order chi connectivity index (χ1) is 8.56. The predicted molar refractivity (Wildman–Crippen MR) is 79.8 cm³/mol. The lowest BCUT2D eigenvalue weighted by atomic mass is 10.2. The van der Waals surface area contributed by atoms with Gasteiger partial charge in [0.25, 0.3) is 5.56 Å². The van der Waals surface area contributed by atoms with E-state index in [4.69, 9.17) is 11.6 Å². The molecule has 0 aliphatic carbocycles. The van der Waals surface area contributed by atoms with Crippen LogP contribution in [0.5, 0.6) is 0 Å². The summed E-state index contributed by atoms with van der Waals surface area (Å²) in [6.07, 6.45) is 0.470. The van der Waals surface area contributed by atoms with Crippen molar-refractivity contribution in [1.82, 2.24) is 9.55 Å². The molecule has 0 saturated heterocycles. The highest BCUT2D eigenvalue weighted by Gasteiger charge is 2.13. The number of H-pyrrole nitrogens is 1. The Morgan fingerprint density at radius 1 is 1.33 bits per heavy atom. The number of nitrogens with zero attached hydrogens (tertiary/aromatic N) is 1. The number of benzene rings is 1. The zero-order valence-electron chi connectivity index (χ0n) is 9.54. The molecule has 1 heterocycles. The monoisotopic (exact) mass is 376 g/mol. The summed E-state index contributed by atoms with van der Waals surface area (Å²) in [5.74, 6) is 0. The van der Waals surface area contributed by atoms with Crippen molar-refractivity contribution in [3.8, 4) is 5.69 Å². The lowest BCUT2D eigenvalue weighted by Gasteiger charge is -2.09. The van der Waals surface area contributed by atoms with Gasteiger partial charge in [0.05, 0.1) is 11.3 Å². The molecule has 2 aromatic rings. The van der Waals surface area contributed by atoms with Crippen LogP contribution in [0.4, 0.5) is 0 Å². The first-order valence-corrected chi connectivity index (χ1v) is 6.80. The van der Waals surface area contributed by atoms with Crippen LogP contribution in [0.15, 0.2) is 33.9 Å². The topological polar surface area (TPSA) is 54.9 Å². The van der Waals surface area contributed by atoms with E-state index in [0.29, 0.717) is 17.7 Å². The van der Waals surface area contributed by atoms with Gasteiger partial charge in [-0.15, -0.1) is 0 Å². The van der Waals surface area contributed by atoms with Gasteiger partial charge in [-0.05, 0) is 41.1 Å². The van der Waals surface area contributed by atoms with Crippen LogP contribution in [0.2, 0.25) is 5.15 Å². The van der Waals surface area contributed by atoms with Crippen molar-refractivity contribution in [1.29, 1.82) is 0 Å². The second kappa shape index (κ2) is 5.27. The van der Waals surface area contributed by atoms with Crippen LogP contribution < -0.4 is 11.2 Å². The molecule has 6 heteroatoms. The fourth-order valence-electron chi connectivity index (χ4n) is 1.70. The number of nitrogens with one attached hydrogen (secondary N) is 1. The third-order valence-electron chi connectivity index (χ3n) is 2.59. The Kier molecular flexibility index (Phi) is 3.91. The highest BCUT2D eigenvalue weighted by molar-refractivity contribution is 14.1. The van der Waals surface area contributed by atoms with Crippen molar-refractivity contribution in [3.63, 3.8) is 0 Å². The Balaban J connectivity index is 2.85. The molecular weight excluding hydrogens is 367 g/mol. The van der Waals surface area contributed by atoms with Crippen molar-refractivity contribution in [2.45, 2.75) is 13.3 Å². The van der Waals surface area contributed by atoms with E-state index in [0.717, 1.165) is 8.14 Å². The van der Waals surface area contributed by atoms with Gasteiger partial charge in [-0.2, -0.15) is 0 Å². The van der Waals surface area contributed by atoms with E-state index in [-0.39, 0.29) is 10.7 Å². The zero-order valence-corrected chi connectivity index (χ0v) is 12.4. The molecule has 0 fully saturated rings. The minimum atomic E-state index is -0.522. The van der Waals surface area contributed by atoms with Crippen molar-refractivity contribution in [2.75, 3.05) is 0 Å². The van der Waals surface area contributed by atoms with Crippen molar-refractivity contribution in [3.05, 3.63) is 59.4 Å². The average Bonchev–Trinajstić information content (AvgIpc) is 2.31. The predicted octanol–water partition coefficient (Wildman–Crippen LogP) is 2.35. The summed E-state index contributed by atoms with van der Waals surface area (Å²) in [4.78, 5) is 26.6. The Labute approximate surface area is 122 Å². The molecule has 1 aromatic heterocycles. The molecule has 0 unspecified atom stereocenters. The van der Waals surface area contributed by atoms with Gasteiger partial charge in [0.15, 0.2) is 0 Å². The minimum Gasteiger partial charge on any atom is -0.297 e. The first kappa shape index (κ1) is 13.4. The molecule has 0 spiro atoms. The van der Waals surface area contributed by atoms with Gasteiger partial charge >= 0.3 is 5.69 Å². The number of aromatic nitrogens is 2. The third-order valence-corrected chi connectivity index (χ3v) is 3.83. The maximum absolute atomic E-state index is 12.2. The van der Waals surface area contributed by atoms with Crippen molar-refractivity contribution in [2.24, 2.45) is 0 Å². The quantitative estimate of drug-likeness (QED) is 0.646. The molecule has 94 valence electrons. The number of hydrogen-bond acceptors (Lipinski definition) is 2. The molecule has 1 N–H and O–H groups in total. The van der Waals surface area contributed by atoms with Crippen molar-refractivity contribution >= 4 is 34.2 Å². The smallest absolute Gasteiger partial charge is 0.297 e. The fourth-order valence-corrected chi connectivity index (χ4v) is 2.63. The molecule has 4 nitrogen and oxygen atoms in total. The lowest BCUT2D eigenvalue weighted by molar-refractivity contribution is 0.839. The van der Waals surface area contributed by atoms with Gasteiger partial charge < -0.3 is 0 Å². The summed E-state index contributed by atoms with van der Waals surface area (Å²) in [5.41, 5.74) is 0.0910. The van der Waals surface area contributed by atoms with E-state index in [1.54, 1.807) is 12.1 Å². The Morgan fingerprint density at radius 3 is 2.61 bits per heavy atom. The highest BCUT2D eigenvalue weighted by atomic mass is 127. The van der Waals surface area contributed by atoms with Gasteiger partial charge in [-0.25, -0.2) is 9.36 Å². The molecule has 0 amide bonds. The van der Waals surface area contributed by atoms with E-state index in [9.17, 15) is 9.59 Å². The third kappa shape index (κ3) is 2.24. The highest BCUT2D eigenvalue weighted by Crippen LogP contribution is 2.14. The van der Waals surface area contributed by atoms with Gasteiger partial charge in [-0.1, -0.05) is 30.7 Å². The molecule has 0 atom stereocenters. The molecule has 0 saturated carbocycles. The van der Waals surface area contributed by atoms with Crippen LogP contribution in [0, 0.1) is 3.57 Å². The summed E-state index contributed by atoms with van der Waals surface area (Å²) in [6.45, 7) is 1.82. The van der Waals surface area contributed by atoms with Crippen LogP contribution in [-0.2, 0) is 6.42 Å². The van der Waals surface area contributed by atoms with Gasteiger partial charge in [-0.3, -0.25) is 9.78 Å². The number of rotatable bonds is 2. The summed E-state index contributed by atoms with van der Waals surface area (Å²) in [6, 6.07) is 7.19. The van der Waals surface area contributed by atoms with Crippen LogP contribution in [0.25, 0.3) is 5.69 Å². The standard InChI is InChI=1S/C12H10ClIN2O2/c1-2-7-10(13)15-12(18)16(11(7)17)9-6-4-3-5-8(9)14/h3-6H,2H2,1H3,(H,15,18). The molecule has 0 radical (unpaired) electrons. The largest absolute Gasteiger partial charge is 0.334 e. The number of para-hydroxylation sites is 1. The van der Waals surface area contributed by atoms with Gasteiger partial charge in [0.2, 0.25) is 0 Å². The Bertz CT molecular complexity index is 706. The molecular formula is C12H10ClIN2O2. The Hall–Kier alpha value is -1.08. The zero-order chi connectivity index (χ0) is 13.3. The Morgan fingerprint density at radius 2 is 2.00 bits per heavy atom. The van der Waals surface area contributed by atoms with E-state index >= 15 is 0 Å². The lowest BCUT2D eigenvalue weighted by Crippen LogP contribution is -2.36. The van der Waals surface area contributed by atoms with Gasteiger partial charge in [0, 0.05) is 3.57 Å². The summed E-state index contributed by atoms with van der Waals surface area (Å²) >= 11 is 7.95. The molecule has 0 aliphatic rings. The molecule has 2 rings (SSSR count). The maximum atomic E-state index is 12.2. The fraction of sp³-hybridized carbons (Fsp3) is 0.167. The van der Waals surface area contributed by atoms with E-state index in [2.05, 4.69) is 27.6 Å². The second-order valence-electron chi connectivity index (χ2n) is 3.67. The molecule has 18 heavy (non-hydrogen) atoms. The van der Waals surface area contributed by atoms with Crippen LogP contribution in [0.3, 0.4) is 0 Å². The molecule has 1 aromatic carbocycles. The molecule has 0 bridgehead atoms. The second-order valence-corrected chi connectivity index (χ2v) is 5.21. The van der Waals surface area contributed by atoms with Crippen molar-refractivity contribution < 1.29 is 0 Å². The number of aromatic amines is 1. The normalized spacial score (nSPS) is 10.6. The van der Waals surface area contributed by atoms with Crippen LogP contribution >= 0.6 is 34.2 Å². The maximum Gasteiger partial charge on any atom is 0.334 e. The summed E-state index contributed by atoms with van der Waals surface area (Å²) in [7, 11) is 0. The number of hydrogen-bond donors (Lipinski definition) is 1. The molecule has 0 aliphatic heterocycles. The summed E-state index contributed by atoms with van der Waals surface area (Å²) < 4.78 is 1.94. The average molecular weight is 377 g/mol. The summed E-state index contributed by atoms with van der Waals surface area (Å²) in [5, 5.41) is 0.120. The van der Waals surface area contributed by atoms with E-state index in [1.165, 1.54) is 0 Å². The van der Waals surface area contributed by atoms with Crippen LogP contribution in [0.1, 0.15) is 12.5 Å². The van der Waals surface area contributed by atoms with Gasteiger partial charge in [0.1, 0.15) is 5.15 Å². The van der Waals surface area contributed by atoms with E-state index < -0.39 is 5.69 Å².